The van der Waals surface area contributed by atoms with Gasteiger partial charge in [0, 0.05) is 12.5 Å². The number of thioether (sulfide) groups is 1. The van der Waals surface area contributed by atoms with E-state index in [0.29, 0.717) is 21.7 Å². The maximum atomic E-state index is 12.3. The number of carbonyl (C=O) groups is 1. The number of rotatable bonds is 7. The first-order valence-electron chi connectivity index (χ1n) is 9.03. The summed E-state index contributed by atoms with van der Waals surface area (Å²) in [4.78, 5) is 12.3. The molecule has 0 bridgehead atoms. The molecule has 27 heavy (non-hydrogen) atoms. The van der Waals surface area contributed by atoms with Crippen LogP contribution >= 0.6 is 35.0 Å². The van der Waals surface area contributed by atoms with Crippen LogP contribution in [0.15, 0.2) is 23.4 Å². The molecular weight excluding hydrogens is 407 g/mol. The van der Waals surface area contributed by atoms with E-state index in [4.69, 9.17) is 27.9 Å². The molecule has 1 unspecified atom stereocenters. The highest BCUT2D eigenvalue weighted by atomic mass is 35.5. The fourth-order valence-electron chi connectivity index (χ4n) is 3.13. The van der Waals surface area contributed by atoms with Gasteiger partial charge in [0.2, 0.25) is 5.91 Å². The second-order valence-electron chi connectivity index (χ2n) is 6.80. The SMILES string of the molecule is O=C(CSc1nnc(C2CC2)n1CC1CCCO1)Nc1cccc(Cl)c1Cl. The molecule has 1 N–H and O–H groups in total. The molecule has 9 heteroatoms. The van der Waals surface area contributed by atoms with Crippen LogP contribution in [0, 0.1) is 0 Å². The predicted molar refractivity (Wildman–Crippen MR) is 107 cm³/mol. The summed E-state index contributed by atoms with van der Waals surface area (Å²) in [6, 6.07) is 5.15. The number of benzene rings is 1. The lowest BCUT2D eigenvalue weighted by atomic mass is 10.2. The topological polar surface area (TPSA) is 69.0 Å². The molecule has 0 radical (unpaired) electrons. The van der Waals surface area contributed by atoms with Crippen molar-refractivity contribution in [2.75, 3.05) is 17.7 Å². The smallest absolute Gasteiger partial charge is 0.234 e. The normalized spacial score (nSPS) is 19.4. The average Bonchev–Trinajstić information content (AvgIpc) is 3.22. The molecule has 1 aromatic carbocycles. The van der Waals surface area contributed by atoms with E-state index < -0.39 is 0 Å². The lowest BCUT2D eigenvalue weighted by Gasteiger charge is -2.14. The maximum absolute atomic E-state index is 12.3. The zero-order chi connectivity index (χ0) is 18.8. The van der Waals surface area contributed by atoms with Crippen LogP contribution in [0.1, 0.15) is 37.4 Å². The van der Waals surface area contributed by atoms with Crippen molar-refractivity contribution in [3.05, 3.63) is 34.1 Å². The fraction of sp³-hybridized carbons (Fsp3) is 0.500. The van der Waals surface area contributed by atoms with Crippen LogP contribution < -0.4 is 5.32 Å². The van der Waals surface area contributed by atoms with Crippen LogP contribution in [0.25, 0.3) is 0 Å². The first kappa shape index (κ1) is 19.1. The van der Waals surface area contributed by atoms with Gasteiger partial charge in [-0.05, 0) is 37.8 Å². The van der Waals surface area contributed by atoms with Gasteiger partial charge in [-0.2, -0.15) is 0 Å². The van der Waals surface area contributed by atoms with Crippen molar-refractivity contribution < 1.29 is 9.53 Å². The number of amides is 1. The third-order valence-electron chi connectivity index (χ3n) is 4.66. The van der Waals surface area contributed by atoms with Gasteiger partial charge >= 0.3 is 0 Å². The van der Waals surface area contributed by atoms with E-state index in [0.717, 1.165) is 49.8 Å². The van der Waals surface area contributed by atoms with Crippen molar-refractivity contribution in [2.45, 2.75) is 49.4 Å². The first-order valence-corrected chi connectivity index (χ1v) is 10.8. The summed E-state index contributed by atoms with van der Waals surface area (Å²) in [5.74, 6) is 1.57. The Kier molecular flexibility index (Phi) is 5.92. The number of anilines is 1. The number of ether oxygens (including phenoxy) is 1. The van der Waals surface area contributed by atoms with Crippen LogP contribution in [-0.2, 0) is 16.1 Å². The molecule has 1 aliphatic carbocycles. The minimum absolute atomic E-state index is 0.163. The van der Waals surface area contributed by atoms with Crippen LogP contribution in [-0.4, -0.2) is 39.1 Å². The third kappa shape index (κ3) is 4.59. The lowest BCUT2D eigenvalue weighted by molar-refractivity contribution is -0.113. The average molecular weight is 427 g/mol. The van der Waals surface area contributed by atoms with Crippen LogP contribution in [0.4, 0.5) is 5.69 Å². The molecule has 2 fully saturated rings. The van der Waals surface area contributed by atoms with Crippen molar-refractivity contribution >= 4 is 46.6 Å². The number of hydrogen-bond acceptors (Lipinski definition) is 5. The van der Waals surface area contributed by atoms with E-state index in [2.05, 4.69) is 20.1 Å². The number of aromatic nitrogens is 3. The highest BCUT2D eigenvalue weighted by molar-refractivity contribution is 7.99. The van der Waals surface area contributed by atoms with Gasteiger partial charge < -0.3 is 14.6 Å². The van der Waals surface area contributed by atoms with Gasteiger partial charge in [-0.25, -0.2) is 0 Å². The Morgan fingerprint density at radius 2 is 2.15 bits per heavy atom. The van der Waals surface area contributed by atoms with Gasteiger partial charge in [0.25, 0.3) is 0 Å². The Morgan fingerprint density at radius 3 is 2.89 bits per heavy atom. The molecule has 1 amide bonds. The number of carbonyl (C=O) groups excluding carboxylic acids is 1. The van der Waals surface area contributed by atoms with Crippen molar-refractivity contribution in [1.29, 1.82) is 0 Å². The van der Waals surface area contributed by atoms with E-state index >= 15 is 0 Å². The summed E-state index contributed by atoms with van der Waals surface area (Å²) in [6.45, 7) is 1.57. The molecule has 2 aliphatic rings. The predicted octanol–water partition coefficient (Wildman–Crippen LogP) is 4.37. The molecule has 1 aromatic heterocycles. The van der Waals surface area contributed by atoms with E-state index in [1.165, 1.54) is 11.8 Å². The van der Waals surface area contributed by atoms with Gasteiger partial charge in [0.15, 0.2) is 5.16 Å². The quantitative estimate of drug-likeness (QED) is 0.665. The zero-order valence-electron chi connectivity index (χ0n) is 14.7. The lowest BCUT2D eigenvalue weighted by Crippen LogP contribution is -2.19. The second kappa shape index (κ2) is 8.39. The van der Waals surface area contributed by atoms with Crippen LogP contribution in [0.2, 0.25) is 10.0 Å². The van der Waals surface area contributed by atoms with E-state index in [1.54, 1.807) is 18.2 Å². The standard InChI is InChI=1S/C18H20Cl2N4O2S/c19-13-4-1-5-14(16(13)20)21-15(25)10-27-18-23-22-17(11-6-7-11)24(18)9-12-3-2-8-26-12/h1,4-5,11-12H,2-3,6-10H2,(H,21,25). The van der Waals surface area contributed by atoms with Crippen molar-refractivity contribution in [3.8, 4) is 0 Å². The highest BCUT2D eigenvalue weighted by Crippen LogP contribution is 2.40. The largest absolute Gasteiger partial charge is 0.376 e. The zero-order valence-corrected chi connectivity index (χ0v) is 17.0. The minimum atomic E-state index is -0.163. The summed E-state index contributed by atoms with van der Waals surface area (Å²) in [5.41, 5.74) is 0.509. The summed E-state index contributed by atoms with van der Waals surface area (Å²) >= 11 is 13.5. The van der Waals surface area contributed by atoms with Gasteiger partial charge in [-0.1, -0.05) is 41.0 Å². The van der Waals surface area contributed by atoms with E-state index in [1.807, 2.05) is 0 Å². The van der Waals surface area contributed by atoms with E-state index in [9.17, 15) is 4.79 Å². The monoisotopic (exact) mass is 426 g/mol. The Bertz CT molecular complexity index is 835. The summed E-state index contributed by atoms with van der Waals surface area (Å²) in [7, 11) is 0. The van der Waals surface area contributed by atoms with Crippen molar-refractivity contribution in [1.82, 2.24) is 14.8 Å². The van der Waals surface area contributed by atoms with Crippen LogP contribution in [0.3, 0.4) is 0 Å². The van der Waals surface area contributed by atoms with Crippen molar-refractivity contribution in [2.24, 2.45) is 0 Å². The number of halogens is 2. The molecule has 1 saturated heterocycles. The van der Waals surface area contributed by atoms with Gasteiger partial charge in [-0.15, -0.1) is 10.2 Å². The molecule has 2 aromatic rings. The molecule has 144 valence electrons. The Hall–Kier alpha value is -1.28. The Balaban J connectivity index is 1.41. The Labute approximate surface area is 172 Å². The maximum Gasteiger partial charge on any atom is 0.234 e. The molecule has 2 heterocycles. The fourth-order valence-corrected chi connectivity index (χ4v) is 4.23. The highest BCUT2D eigenvalue weighted by Gasteiger charge is 2.32. The first-order chi connectivity index (χ1) is 13.1. The summed E-state index contributed by atoms with van der Waals surface area (Å²) in [6.07, 6.45) is 4.66. The molecule has 6 nitrogen and oxygen atoms in total. The molecule has 1 aliphatic heterocycles. The molecule has 0 spiro atoms. The minimum Gasteiger partial charge on any atom is -0.376 e. The molecule has 1 atom stereocenters. The molecule has 4 rings (SSSR count). The third-order valence-corrected chi connectivity index (χ3v) is 6.44. The number of nitrogens with one attached hydrogen (secondary N) is 1. The second-order valence-corrected chi connectivity index (χ2v) is 8.53. The van der Waals surface area contributed by atoms with Gasteiger partial charge in [-0.3, -0.25) is 4.79 Å². The van der Waals surface area contributed by atoms with Gasteiger partial charge in [0.1, 0.15) is 5.82 Å². The van der Waals surface area contributed by atoms with E-state index in [-0.39, 0.29) is 17.8 Å². The molecule has 1 saturated carbocycles. The summed E-state index contributed by atoms with van der Waals surface area (Å²) < 4.78 is 7.91. The summed E-state index contributed by atoms with van der Waals surface area (Å²) in [5, 5.41) is 13.0. The number of nitrogens with zero attached hydrogens (tertiary/aromatic N) is 3. The van der Waals surface area contributed by atoms with Crippen LogP contribution in [0.5, 0.6) is 0 Å². The molecular formula is C18H20Cl2N4O2S. The Morgan fingerprint density at radius 1 is 1.30 bits per heavy atom. The van der Waals surface area contributed by atoms with Crippen molar-refractivity contribution in [3.63, 3.8) is 0 Å². The van der Waals surface area contributed by atoms with Gasteiger partial charge in [0.05, 0.1) is 34.1 Å². The number of hydrogen-bond donors (Lipinski definition) is 1.